The van der Waals surface area contributed by atoms with Crippen LogP contribution in [-0.2, 0) is 4.74 Å². The van der Waals surface area contributed by atoms with Crippen molar-refractivity contribution in [1.82, 2.24) is 10.2 Å². The Bertz CT molecular complexity index is 1470. The van der Waals surface area contributed by atoms with E-state index in [0.29, 0.717) is 11.6 Å². The first-order chi connectivity index (χ1) is 19.5. The third kappa shape index (κ3) is 7.51. The summed E-state index contributed by atoms with van der Waals surface area (Å²) in [5.74, 6) is 0.396. The lowest BCUT2D eigenvalue weighted by molar-refractivity contribution is 0.0632. The fourth-order valence-electron chi connectivity index (χ4n) is 4.73. The molecule has 41 heavy (non-hydrogen) atoms. The predicted molar refractivity (Wildman–Crippen MR) is 161 cm³/mol. The summed E-state index contributed by atoms with van der Waals surface area (Å²) in [6.07, 6.45) is 0.00320. The first-order valence-electron chi connectivity index (χ1n) is 13.6. The molecule has 0 unspecified atom stereocenters. The molecule has 2 N–H and O–H groups in total. The Balaban J connectivity index is 1.34. The summed E-state index contributed by atoms with van der Waals surface area (Å²) in [6.45, 7) is 11.5. The maximum Gasteiger partial charge on any atom is 0.414 e. The van der Waals surface area contributed by atoms with Gasteiger partial charge in [-0.3, -0.25) is 19.8 Å². The number of nitrogens with one attached hydrogen (secondary N) is 2. The molecular formula is C30H37ClN4O6. The summed E-state index contributed by atoms with van der Waals surface area (Å²) < 4.78 is 16.7. The van der Waals surface area contributed by atoms with E-state index in [0.717, 1.165) is 50.6 Å². The Morgan fingerprint density at radius 2 is 1.83 bits per heavy atom. The first kappa shape index (κ1) is 30.2. The van der Waals surface area contributed by atoms with Crippen LogP contribution < -0.4 is 25.7 Å². The van der Waals surface area contributed by atoms with Crippen molar-refractivity contribution in [1.29, 1.82) is 0 Å². The summed E-state index contributed by atoms with van der Waals surface area (Å²) in [4.78, 5) is 43.0. The number of halogens is 1. The molecule has 1 fully saturated rings. The van der Waals surface area contributed by atoms with Gasteiger partial charge in [0.25, 0.3) is 5.91 Å². The lowest BCUT2D eigenvalue weighted by atomic mass is 10.1. The normalized spacial score (nSPS) is 14.1. The number of fused-ring (bicyclic) bond motifs is 1. The van der Waals surface area contributed by atoms with Crippen molar-refractivity contribution in [2.75, 3.05) is 56.6 Å². The van der Waals surface area contributed by atoms with E-state index in [2.05, 4.69) is 20.4 Å². The highest BCUT2D eigenvalue weighted by Gasteiger charge is 2.22. The van der Waals surface area contributed by atoms with Crippen molar-refractivity contribution in [3.8, 4) is 5.75 Å². The second kappa shape index (κ2) is 12.8. The molecule has 1 saturated heterocycles. The molecule has 1 aliphatic rings. The monoisotopic (exact) mass is 584 g/mol. The minimum atomic E-state index is -0.752. The van der Waals surface area contributed by atoms with Gasteiger partial charge in [0.15, 0.2) is 11.0 Å². The quantitative estimate of drug-likeness (QED) is 0.354. The zero-order chi connectivity index (χ0) is 29.7. The third-order valence-corrected chi connectivity index (χ3v) is 7.03. The number of carbonyl (C=O) groups excluding carboxylic acids is 2. The van der Waals surface area contributed by atoms with Crippen LogP contribution in [0.4, 0.5) is 16.4 Å². The molecule has 0 aliphatic carbocycles. The number of anilines is 2. The minimum absolute atomic E-state index is 0.0495. The molecule has 0 radical (unpaired) electrons. The van der Waals surface area contributed by atoms with Crippen LogP contribution >= 0.6 is 11.6 Å². The van der Waals surface area contributed by atoms with Gasteiger partial charge in [0.05, 0.1) is 29.3 Å². The van der Waals surface area contributed by atoms with Crippen LogP contribution in [0.3, 0.4) is 0 Å². The summed E-state index contributed by atoms with van der Waals surface area (Å²) in [6, 6.07) is 10.5. The Morgan fingerprint density at radius 1 is 1.10 bits per heavy atom. The third-order valence-electron chi connectivity index (χ3n) is 6.79. The van der Waals surface area contributed by atoms with Gasteiger partial charge >= 0.3 is 6.09 Å². The van der Waals surface area contributed by atoms with Gasteiger partial charge in [-0.1, -0.05) is 17.7 Å². The van der Waals surface area contributed by atoms with Crippen LogP contribution in [0, 0.1) is 6.92 Å². The van der Waals surface area contributed by atoms with Crippen molar-refractivity contribution in [2.45, 2.75) is 39.7 Å². The standard InChI is InChI=1S/C30H37ClN4O6/c1-19-25(36)21-8-6-9-22(26(21)40-28(19)33-29(38)41-30(2,3)4)27(37)32-12-7-13-34-14-16-35(17-15-34)23-18-20(31)10-11-24(23)39-5/h6,8-11,18H,7,12-17H2,1-5H3,(H,32,37)(H,33,38). The molecule has 2 heterocycles. The average molecular weight is 585 g/mol. The van der Waals surface area contributed by atoms with Crippen molar-refractivity contribution >= 4 is 46.1 Å². The van der Waals surface area contributed by atoms with Crippen molar-refractivity contribution in [3.05, 3.63) is 62.8 Å². The number of benzene rings is 2. The number of piperazine rings is 1. The van der Waals surface area contributed by atoms with E-state index in [9.17, 15) is 14.4 Å². The Labute approximate surface area is 244 Å². The molecule has 0 spiro atoms. The molecule has 4 rings (SSSR count). The number of methoxy groups -OCH3 is 1. The number of para-hydroxylation sites is 1. The fraction of sp³-hybridized carbons (Fsp3) is 0.433. The van der Waals surface area contributed by atoms with E-state index in [4.69, 9.17) is 25.5 Å². The van der Waals surface area contributed by atoms with Gasteiger partial charge in [-0.05, 0) is 71.0 Å². The minimum Gasteiger partial charge on any atom is -0.495 e. The molecule has 0 bridgehead atoms. The second-order valence-corrected chi connectivity index (χ2v) is 11.4. The number of nitrogens with zero attached hydrogens (tertiary/aromatic N) is 2. The van der Waals surface area contributed by atoms with E-state index in [1.165, 1.54) is 0 Å². The summed E-state index contributed by atoms with van der Waals surface area (Å²) in [7, 11) is 1.66. The molecule has 220 valence electrons. The summed E-state index contributed by atoms with van der Waals surface area (Å²) >= 11 is 6.20. The van der Waals surface area contributed by atoms with Crippen LogP contribution in [0.15, 0.2) is 45.6 Å². The lowest BCUT2D eigenvalue weighted by Crippen LogP contribution is -2.47. The molecule has 3 aromatic rings. The predicted octanol–water partition coefficient (Wildman–Crippen LogP) is 5.05. The summed E-state index contributed by atoms with van der Waals surface area (Å²) in [5, 5.41) is 6.36. The van der Waals surface area contributed by atoms with E-state index in [1.54, 1.807) is 53.0 Å². The van der Waals surface area contributed by atoms with Gasteiger partial charge in [-0.15, -0.1) is 0 Å². The molecule has 11 heteroatoms. The van der Waals surface area contributed by atoms with Crippen LogP contribution in [0.1, 0.15) is 43.1 Å². The topological polar surface area (TPSA) is 113 Å². The van der Waals surface area contributed by atoms with Crippen molar-refractivity contribution < 1.29 is 23.5 Å². The van der Waals surface area contributed by atoms with Crippen LogP contribution in [0.2, 0.25) is 5.02 Å². The van der Waals surface area contributed by atoms with Gasteiger partial charge in [0.1, 0.15) is 11.4 Å². The van der Waals surface area contributed by atoms with Gasteiger partial charge in [-0.25, -0.2) is 4.79 Å². The maximum atomic E-state index is 13.1. The molecule has 0 saturated carbocycles. The van der Waals surface area contributed by atoms with Gasteiger partial charge in [0, 0.05) is 37.7 Å². The fourth-order valence-corrected chi connectivity index (χ4v) is 4.89. The highest BCUT2D eigenvalue weighted by molar-refractivity contribution is 6.31. The highest BCUT2D eigenvalue weighted by Crippen LogP contribution is 2.32. The number of carbonyl (C=O) groups is 2. The molecule has 1 aliphatic heterocycles. The average Bonchev–Trinajstić information content (AvgIpc) is 2.93. The second-order valence-electron chi connectivity index (χ2n) is 10.9. The SMILES string of the molecule is COc1ccc(Cl)cc1N1CCN(CCCNC(=O)c2cccc3c(=O)c(C)c(NC(=O)OC(C)(C)C)oc23)CC1. The van der Waals surface area contributed by atoms with Crippen molar-refractivity contribution in [2.24, 2.45) is 0 Å². The van der Waals surface area contributed by atoms with E-state index < -0.39 is 11.7 Å². The zero-order valence-corrected chi connectivity index (χ0v) is 24.9. The molecular weight excluding hydrogens is 548 g/mol. The maximum absolute atomic E-state index is 13.1. The van der Waals surface area contributed by atoms with Gasteiger partial charge in [-0.2, -0.15) is 0 Å². The van der Waals surface area contributed by atoms with Crippen LogP contribution in [0.5, 0.6) is 5.75 Å². The van der Waals surface area contributed by atoms with Crippen molar-refractivity contribution in [3.63, 3.8) is 0 Å². The number of hydrogen-bond donors (Lipinski definition) is 2. The molecule has 0 atom stereocenters. The molecule has 10 nitrogen and oxygen atoms in total. The van der Waals surface area contributed by atoms with E-state index >= 15 is 0 Å². The zero-order valence-electron chi connectivity index (χ0n) is 24.1. The molecule has 1 aromatic heterocycles. The van der Waals surface area contributed by atoms with Gasteiger partial charge < -0.3 is 24.1 Å². The Kier molecular flexibility index (Phi) is 9.45. The Hall–Kier alpha value is -3.76. The highest BCUT2D eigenvalue weighted by atomic mass is 35.5. The van der Waals surface area contributed by atoms with E-state index in [1.807, 2.05) is 18.2 Å². The van der Waals surface area contributed by atoms with Crippen LogP contribution in [0.25, 0.3) is 11.0 Å². The van der Waals surface area contributed by atoms with Crippen LogP contribution in [-0.4, -0.2) is 68.9 Å². The smallest absolute Gasteiger partial charge is 0.414 e. The number of rotatable bonds is 8. The lowest BCUT2D eigenvalue weighted by Gasteiger charge is -2.36. The summed E-state index contributed by atoms with van der Waals surface area (Å²) in [5.41, 5.74) is 0.483. The van der Waals surface area contributed by atoms with Gasteiger partial charge in [0.2, 0.25) is 5.88 Å². The molecule has 2 amide bonds. The number of amides is 2. The molecule has 2 aromatic carbocycles. The largest absolute Gasteiger partial charge is 0.495 e. The Morgan fingerprint density at radius 3 is 2.51 bits per heavy atom. The van der Waals surface area contributed by atoms with E-state index in [-0.39, 0.29) is 39.3 Å². The first-order valence-corrected chi connectivity index (χ1v) is 14.0. The number of hydrogen-bond acceptors (Lipinski definition) is 8. The number of ether oxygens (including phenoxy) is 2.